The highest BCUT2D eigenvalue weighted by molar-refractivity contribution is 5.20. The zero-order chi connectivity index (χ0) is 11.2. The number of nitrogens with one attached hydrogen (secondary N) is 1. The van der Waals surface area contributed by atoms with Gasteiger partial charge in [0.25, 0.3) is 0 Å². The number of hydrogen-bond acceptors (Lipinski definition) is 2. The fourth-order valence-electron chi connectivity index (χ4n) is 1.43. The van der Waals surface area contributed by atoms with Crippen LogP contribution in [0.5, 0.6) is 0 Å². The van der Waals surface area contributed by atoms with Crippen LogP contribution in [-0.4, -0.2) is 12.7 Å². The van der Waals surface area contributed by atoms with Crippen LogP contribution in [0.3, 0.4) is 0 Å². The summed E-state index contributed by atoms with van der Waals surface area (Å²) in [5.74, 6) is 0.730. The first-order valence-electron chi connectivity index (χ1n) is 5.25. The molecule has 1 heterocycles. The number of allylic oxidation sites excluding steroid dienone is 1. The van der Waals surface area contributed by atoms with Crippen molar-refractivity contribution in [2.24, 2.45) is 0 Å². The molecule has 0 fully saturated rings. The molecule has 1 aliphatic heterocycles. The lowest BCUT2D eigenvalue weighted by molar-refractivity contribution is 0.206. The van der Waals surface area contributed by atoms with Gasteiger partial charge in [-0.1, -0.05) is 36.4 Å². The van der Waals surface area contributed by atoms with E-state index < -0.39 is 6.67 Å². The van der Waals surface area contributed by atoms with Crippen LogP contribution in [0, 0.1) is 0 Å². The molecular weight excluding hydrogens is 205 g/mol. The third kappa shape index (κ3) is 2.86. The zero-order valence-corrected chi connectivity index (χ0v) is 8.90. The highest BCUT2D eigenvalue weighted by Crippen LogP contribution is 2.09. The molecule has 84 valence electrons. The Morgan fingerprint density at radius 1 is 1.25 bits per heavy atom. The number of rotatable bonds is 4. The number of hydrogen-bond donors (Lipinski definition) is 1. The highest BCUT2D eigenvalue weighted by atomic mass is 19.1. The van der Waals surface area contributed by atoms with Crippen LogP contribution >= 0.6 is 0 Å². The molecular formula is C13H14FNO. The summed E-state index contributed by atoms with van der Waals surface area (Å²) in [6.07, 6.45) is 5.26. The van der Waals surface area contributed by atoms with E-state index in [0.29, 0.717) is 6.61 Å². The summed E-state index contributed by atoms with van der Waals surface area (Å²) in [6.45, 7) is 0.123. The number of ether oxygens (including phenoxy) is 1. The number of dihydropyridines is 1. The van der Waals surface area contributed by atoms with Crippen molar-refractivity contribution >= 4 is 0 Å². The molecule has 0 spiro atoms. The van der Waals surface area contributed by atoms with Gasteiger partial charge >= 0.3 is 0 Å². The Morgan fingerprint density at radius 3 is 2.69 bits per heavy atom. The normalized spacial score (nSPS) is 18.8. The van der Waals surface area contributed by atoms with Crippen LogP contribution in [-0.2, 0) is 11.3 Å². The van der Waals surface area contributed by atoms with Gasteiger partial charge < -0.3 is 10.1 Å². The minimum Gasteiger partial charge on any atom is -0.487 e. The van der Waals surface area contributed by atoms with Gasteiger partial charge in [-0.15, -0.1) is 0 Å². The molecule has 0 radical (unpaired) electrons. The standard InChI is InChI=1S/C13H14FNO/c14-8-12-6-7-13(9-15-12)16-10-11-4-2-1-3-5-11/h1-7,9,12,15H,8,10H2. The lowest BCUT2D eigenvalue weighted by Crippen LogP contribution is -2.26. The number of alkyl halides is 1. The third-order valence-corrected chi connectivity index (χ3v) is 2.35. The van der Waals surface area contributed by atoms with Crippen molar-refractivity contribution in [3.63, 3.8) is 0 Å². The van der Waals surface area contributed by atoms with Gasteiger partial charge in [-0.3, -0.25) is 0 Å². The van der Waals surface area contributed by atoms with E-state index in [1.54, 1.807) is 18.4 Å². The first-order chi connectivity index (χ1) is 7.88. The molecule has 0 saturated carbocycles. The summed E-state index contributed by atoms with van der Waals surface area (Å²) in [4.78, 5) is 0. The summed E-state index contributed by atoms with van der Waals surface area (Å²) in [7, 11) is 0. The predicted octanol–water partition coefficient (Wildman–Crippen LogP) is 2.54. The van der Waals surface area contributed by atoms with E-state index in [1.165, 1.54) is 0 Å². The SMILES string of the molecule is FCC1C=CC(OCc2ccccc2)=CN1. The maximum Gasteiger partial charge on any atom is 0.135 e. The van der Waals surface area contributed by atoms with Crippen molar-refractivity contribution in [2.45, 2.75) is 12.6 Å². The highest BCUT2D eigenvalue weighted by Gasteiger charge is 2.07. The predicted molar refractivity (Wildman–Crippen MR) is 61.4 cm³/mol. The van der Waals surface area contributed by atoms with Crippen LogP contribution in [0.2, 0.25) is 0 Å². The second-order valence-electron chi connectivity index (χ2n) is 3.61. The van der Waals surface area contributed by atoms with Crippen molar-refractivity contribution < 1.29 is 9.13 Å². The van der Waals surface area contributed by atoms with Crippen molar-refractivity contribution in [1.82, 2.24) is 5.32 Å². The number of benzene rings is 1. The van der Waals surface area contributed by atoms with Gasteiger partial charge in [0, 0.05) is 6.20 Å². The molecule has 2 nitrogen and oxygen atoms in total. The van der Waals surface area contributed by atoms with E-state index >= 15 is 0 Å². The molecule has 1 aromatic rings. The molecule has 1 aliphatic rings. The minimum absolute atomic E-state index is 0.218. The minimum atomic E-state index is -0.404. The van der Waals surface area contributed by atoms with Crippen molar-refractivity contribution in [2.75, 3.05) is 6.67 Å². The molecule has 0 saturated heterocycles. The summed E-state index contributed by atoms with van der Waals surface area (Å²) in [6, 6.07) is 9.71. The van der Waals surface area contributed by atoms with Crippen LogP contribution < -0.4 is 5.32 Å². The lowest BCUT2D eigenvalue weighted by Gasteiger charge is -2.16. The van der Waals surface area contributed by atoms with Gasteiger partial charge in [-0.05, 0) is 11.6 Å². The molecule has 16 heavy (non-hydrogen) atoms. The van der Waals surface area contributed by atoms with Crippen molar-refractivity contribution in [3.05, 3.63) is 60.0 Å². The van der Waals surface area contributed by atoms with Gasteiger partial charge in [0.1, 0.15) is 19.0 Å². The summed E-state index contributed by atoms with van der Waals surface area (Å²) in [5.41, 5.74) is 1.12. The van der Waals surface area contributed by atoms with Gasteiger partial charge in [0.15, 0.2) is 0 Å². The van der Waals surface area contributed by atoms with Crippen molar-refractivity contribution in [3.8, 4) is 0 Å². The first-order valence-corrected chi connectivity index (χ1v) is 5.25. The third-order valence-electron chi connectivity index (χ3n) is 2.35. The molecule has 0 amide bonds. The molecule has 2 rings (SSSR count). The van der Waals surface area contributed by atoms with E-state index in [4.69, 9.17) is 4.74 Å². The first kappa shape index (κ1) is 10.7. The zero-order valence-electron chi connectivity index (χ0n) is 8.90. The fourth-order valence-corrected chi connectivity index (χ4v) is 1.43. The fraction of sp³-hybridized carbons (Fsp3) is 0.231. The van der Waals surface area contributed by atoms with Crippen LogP contribution in [0.1, 0.15) is 5.56 Å². The molecule has 1 N–H and O–H groups in total. The van der Waals surface area contributed by atoms with E-state index in [0.717, 1.165) is 11.3 Å². The Kier molecular flexibility index (Phi) is 3.59. The van der Waals surface area contributed by atoms with E-state index in [1.807, 2.05) is 30.3 Å². The van der Waals surface area contributed by atoms with Gasteiger partial charge in [-0.25, -0.2) is 4.39 Å². The van der Waals surface area contributed by atoms with E-state index in [-0.39, 0.29) is 6.04 Å². The summed E-state index contributed by atoms with van der Waals surface area (Å²) in [5, 5.41) is 2.91. The van der Waals surface area contributed by atoms with Crippen LogP contribution in [0.25, 0.3) is 0 Å². The Hall–Kier alpha value is -1.77. The second-order valence-corrected chi connectivity index (χ2v) is 3.61. The van der Waals surface area contributed by atoms with Gasteiger partial charge in [0.2, 0.25) is 0 Å². The smallest absolute Gasteiger partial charge is 0.135 e. The second kappa shape index (κ2) is 5.35. The maximum atomic E-state index is 12.3. The number of halogens is 1. The summed E-state index contributed by atoms with van der Waals surface area (Å²) >= 11 is 0. The van der Waals surface area contributed by atoms with Gasteiger partial charge in [-0.2, -0.15) is 0 Å². The molecule has 1 atom stereocenters. The largest absolute Gasteiger partial charge is 0.487 e. The van der Waals surface area contributed by atoms with Gasteiger partial charge in [0.05, 0.1) is 6.04 Å². The average Bonchev–Trinajstić information content (AvgIpc) is 2.38. The maximum absolute atomic E-state index is 12.3. The lowest BCUT2D eigenvalue weighted by atomic mass is 10.2. The quantitative estimate of drug-likeness (QED) is 0.840. The van der Waals surface area contributed by atoms with Crippen molar-refractivity contribution in [1.29, 1.82) is 0 Å². The molecule has 3 heteroatoms. The van der Waals surface area contributed by atoms with E-state index in [9.17, 15) is 4.39 Å². The Labute approximate surface area is 94.4 Å². The topological polar surface area (TPSA) is 21.3 Å². The van der Waals surface area contributed by atoms with Crippen LogP contribution in [0.15, 0.2) is 54.4 Å². The molecule has 0 bridgehead atoms. The monoisotopic (exact) mass is 219 g/mol. The molecule has 0 aromatic heterocycles. The molecule has 0 aliphatic carbocycles. The Bertz CT molecular complexity index is 386. The Balaban J connectivity index is 1.84. The van der Waals surface area contributed by atoms with Crippen LogP contribution in [0.4, 0.5) is 4.39 Å². The average molecular weight is 219 g/mol. The van der Waals surface area contributed by atoms with E-state index in [2.05, 4.69) is 5.32 Å². The molecule has 1 aromatic carbocycles. The molecule has 1 unspecified atom stereocenters. The summed E-state index contributed by atoms with van der Waals surface area (Å²) < 4.78 is 17.8. The Morgan fingerprint density at radius 2 is 2.06 bits per heavy atom.